The van der Waals surface area contributed by atoms with E-state index in [9.17, 15) is 0 Å². The molecule has 8 heteroatoms. The molecule has 0 unspecified atom stereocenters. The maximum atomic E-state index is 5.70. The second-order valence-corrected chi connectivity index (χ2v) is 5.44. The Labute approximate surface area is 139 Å². The van der Waals surface area contributed by atoms with Crippen molar-refractivity contribution in [1.29, 1.82) is 0 Å². The first-order chi connectivity index (χ1) is 11.9. The number of hydrogen-bond donors (Lipinski definition) is 0. The van der Waals surface area contributed by atoms with Crippen molar-refractivity contribution in [1.82, 2.24) is 29.7 Å². The van der Waals surface area contributed by atoms with Gasteiger partial charge >= 0.3 is 0 Å². The molecule has 4 rings (SSSR count). The molecule has 122 valence electrons. The average Bonchev–Trinajstić information content (AvgIpc) is 2.91. The van der Waals surface area contributed by atoms with Gasteiger partial charge in [-0.3, -0.25) is 4.98 Å². The molecule has 24 heavy (non-hydrogen) atoms. The molecule has 4 heterocycles. The Kier molecular flexibility index (Phi) is 4.01. The molecule has 3 aromatic heterocycles. The standard InChI is InChI=1S/C16H17N7O/c1-2-5-19-16(3-1)24-12-15-21-20-13-4-8-22(9-10-23(13)15)14-11-17-6-7-18-14/h1-3,5-7,11H,4,8-10,12H2. The number of fused-ring (bicyclic) bond motifs is 1. The molecule has 0 bridgehead atoms. The van der Waals surface area contributed by atoms with E-state index in [1.807, 2.05) is 18.2 Å². The Morgan fingerprint density at radius 1 is 1.00 bits per heavy atom. The van der Waals surface area contributed by atoms with E-state index in [4.69, 9.17) is 4.74 Å². The zero-order valence-electron chi connectivity index (χ0n) is 13.1. The van der Waals surface area contributed by atoms with E-state index in [-0.39, 0.29) is 0 Å². The Morgan fingerprint density at radius 2 is 2.00 bits per heavy atom. The molecule has 0 saturated carbocycles. The van der Waals surface area contributed by atoms with E-state index in [1.165, 1.54) is 0 Å². The smallest absolute Gasteiger partial charge is 0.213 e. The highest BCUT2D eigenvalue weighted by Gasteiger charge is 2.19. The van der Waals surface area contributed by atoms with E-state index in [1.54, 1.807) is 24.8 Å². The lowest BCUT2D eigenvalue weighted by molar-refractivity contribution is 0.277. The normalized spacial score (nSPS) is 14.1. The lowest BCUT2D eigenvalue weighted by Gasteiger charge is -2.20. The van der Waals surface area contributed by atoms with Crippen LogP contribution in [0.15, 0.2) is 43.0 Å². The second kappa shape index (κ2) is 6.61. The fourth-order valence-corrected chi connectivity index (χ4v) is 2.74. The van der Waals surface area contributed by atoms with Crippen molar-refractivity contribution in [2.75, 3.05) is 18.0 Å². The molecule has 0 aliphatic carbocycles. The first-order valence-electron chi connectivity index (χ1n) is 7.86. The van der Waals surface area contributed by atoms with Crippen LogP contribution in [0.1, 0.15) is 11.6 Å². The van der Waals surface area contributed by atoms with Crippen molar-refractivity contribution in [2.45, 2.75) is 19.6 Å². The van der Waals surface area contributed by atoms with Crippen LogP contribution in [0.5, 0.6) is 5.88 Å². The maximum absolute atomic E-state index is 5.70. The number of aromatic nitrogens is 6. The van der Waals surface area contributed by atoms with Crippen LogP contribution in [0.2, 0.25) is 0 Å². The SMILES string of the molecule is c1ccc(OCc2nnc3n2CCN(c2cnccn2)CC3)nc1. The molecule has 0 fully saturated rings. The minimum atomic E-state index is 0.356. The molecule has 0 amide bonds. The molecule has 1 aliphatic heterocycles. The predicted molar refractivity (Wildman–Crippen MR) is 86.5 cm³/mol. The summed E-state index contributed by atoms with van der Waals surface area (Å²) >= 11 is 0. The number of pyridine rings is 1. The van der Waals surface area contributed by atoms with Crippen molar-refractivity contribution in [3.8, 4) is 5.88 Å². The minimum absolute atomic E-state index is 0.356. The van der Waals surface area contributed by atoms with Crippen LogP contribution in [-0.2, 0) is 19.6 Å². The number of anilines is 1. The molecule has 0 spiro atoms. The molecule has 0 N–H and O–H groups in total. The molecular weight excluding hydrogens is 306 g/mol. The van der Waals surface area contributed by atoms with E-state index >= 15 is 0 Å². The average molecular weight is 323 g/mol. The largest absolute Gasteiger partial charge is 0.469 e. The number of nitrogens with zero attached hydrogens (tertiary/aromatic N) is 7. The molecule has 1 aliphatic rings. The van der Waals surface area contributed by atoms with Crippen LogP contribution in [0.25, 0.3) is 0 Å². The lowest BCUT2D eigenvalue weighted by atomic mass is 10.4. The Morgan fingerprint density at radius 3 is 2.83 bits per heavy atom. The van der Waals surface area contributed by atoms with Crippen LogP contribution in [0, 0.1) is 0 Å². The third-order valence-electron chi connectivity index (χ3n) is 3.96. The van der Waals surface area contributed by atoms with Gasteiger partial charge in [-0.25, -0.2) is 9.97 Å². The zero-order chi connectivity index (χ0) is 16.2. The van der Waals surface area contributed by atoms with Crippen molar-refractivity contribution in [3.05, 3.63) is 54.6 Å². The lowest BCUT2D eigenvalue weighted by Crippen LogP contribution is -2.27. The molecule has 8 nitrogen and oxygen atoms in total. The van der Waals surface area contributed by atoms with Gasteiger partial charge in [0.05, 0.1) is 6.20 Å². The Bertz CT molecular complexity index is 791. The van der Waals surface area contributed by atoms with E-state index in [2.05, 4.69) is 34.6 Å². The summed E-state index contributed by atoms with van der Waals surface area (Å²) in [5, 5.41) is 8.57. The van der Waals surface area contributed by atoms with Crippen LogP contribution >= 0.6 is 0 Å². The summed E-state index contributed by atoms with van der Waals surface area (Å²) in [5.74, 6) is 3.27. The van der Waals surface area contributed by atoms with Gasteiger partial charge in [0.2, 0.25) is 5.88 Å². The molecule has 3 aromatic rings. The molecular formula is C16H17N7O. The molecule has 0 atom stereocenters. The highest BCUT2D eigenvalue weighted by Crippen LogP contribution is 2.15. The van der Waals surface area contributed by atoms with Gasteiger partial charge in [-0.05, 0) is 6.07 Å². The fourth-order valence-electron chi connectivity index (χ4n) is 2.74. The van der Waals surface area contributed by atoms with E-state index in [0.29, 0.717) is 12.5 Å². The van der Waals surface area contributed by atoms with Gasteiger partial charge in [0, 0.05) is 50.7 Å². The number of ether oxygens (including phenoxy) is 1. The summed E-state index contributed by atoms with van der Waals surface area (Å²) in [6.45, 7) is 2.83. The number of hydrogen-bond acceptors (Lipinski definition) is 7. The van der Waals surface area contributed by atoms with Gasteiger partial charge in [-0.15, -0.1) is 10.2 Å². The highest BCUT2D eigenvalue weighted by atomic mass is 16.5. The summed E-state index contributed by atoms with van der Waals surface area (Å²) in [5.41, 5.74) is 0. The molecule has 0 radical (unpaired) electrons. The second-order valence-electron chi connectivity index (χ2n) is 5.44. The summed E-state index contributed by atoms with van der Waals surface area (Å²) in [7, 11) is 0. The van der Waals surface area contributed by atoms with Gasteiger partial charge in [0.1, 0.15) is 18.2 Å². The first-order valence-corrected chi connectivity index (χ1v) is 7.86. The van der Waals surface area contributed by atoms with Crippen LogP contribution in [0.3, 0.4) is 0 Å². The van der Waals surface area contributed by atoms with Crippen molar-refractivity contribution in [3.63, 3.8) is 0 Å². The summed E-state index contributed by atoms with van der Waals surface area (Å²) in [6.07, 6.45) is 7.71. The predicted octanol–water partition coefficient (Wildman–Crippen LogP) is 1.10. The van der Waals surface area contributed by atoms with Gasteiger partial charge in [0.15, 0.2) is 5.82 Å². The first kappa shape index (κ1) is 14.6. The van der Waals surface area contributed by atoms with Crippen LogP contribution in [-0.4, -0.2) is 42.8 Å². The monoisotopic (exact) mass is 323 g/mol. The number of rotatable bonds is 4. The Hall–Kier alpha value is -3.03. The summed E-state index contributed by atoms with van der Waals surface area (Å²) in [4.78, 5) is 14.9. The van der Waals surface area contributed by atoms with Crippen LogP contribution in [0.4, 0.5) is 5.82 Å². The van der Waals surface area contributed by atoms with Gasteiger partial charge in [0.25, 0.3) is 0 Å². The molecule has 0 aromatic carbocycles. The quantitative estimate of drug-likeness (QED) is 0.711. The van der Waals surface area contributed by atoms with E-state index in [0.717, 1.165) is 43.5 Å². The third kappa shape index (κ3) is 3.03. The van der Waals surface area contributed by atoms with Crippen molar-refractivity contribution in [2.24, 2.45) is 0 Å². The third-order valence-corrected chi connectivity index (χ3v) is 3.96. The minimum Gasteiger partial charge on any atom is -0.469 e. The van der Waals surface area contributed by atoms with Crippen molar-refractivity contribution >= 4 is 5.82 Å². The Balaban J connectivity index is 1.46. The van der Waals surface area contributed by atoms with Crippen molar-refractivity contribution < 1.29 is 4.74 Å². The van der Waals surface area contributed by atoms with Crippen LogP contribution < -0.4 is 9.64 Å². The maximum Gasteiger partial charge on any atom is 0.213 e. The topological polar surface area (TPSA) is 81.9 Å². The van der Waals surface area contributed by atoms with Gasteiger partial charge in [-0.1, -0.05) is 6.07 Å². The van der Waals surface area contributed by atoms with Gasteiger partial charge < -0.3 is 14.2 Å². The fraction of sp³-hybridized carbons (Fsp3) is 0.312. The highest BCUT2D eigenvalue weighted by molar-refractivity contribution is 5.35. The molecule has 0 saturated heterocycles. The summed E-state index contributed by atoms with van der Waals surface area (Å²) in [6, 6.07) is 5.58. The zero-order valence-corrected chi connectivity index (χ0v) is 13.1. The summed E-state index contributed by atoms with van der Waals surface area (Å²) < 4.78 is 7.82. The van der Waals surface area contributed by atoms with E-state index < -0.39 is 0 Å². The van der Waals surface area contributed by atoms with Gasteiger partial charge in [-0.2, -0.15) is 0 Å².